The van der Waals surface area contributed by atoms with Crippen molar-refractivity contribution in [3.63, 3.8) is 0 Å². The molecular formula is C13H19N3O3S. The Labute approximate surface area is 118 Å². The largest absolute Gasteiger partial charge is 0.409 e. The van der Waals surface area contributed by atoms with E-state index in [1.807, 2.05) is 18.2 Å². The van der Waals surface area contributed by atoms with E-state index in [0.717, 1.165) is 18.4 Å². The molecule has 1 aliphatic heterocycles. The molecule has 0 aromatic heterocycles. The predicted molar refractivity (Wildman–Crippen MR) is 76.8 cm³/mol. The van der Waals surface area contributed by atoms with Gasteiger partial charge in [-0.05, 0) is 18.4 Å². The first-order valence-corrected chi connectivity index (χ1v) is 8.13. The average molecular weight is 297 g/mol. The van der Waals surface area contributed by atoms with E-state index in [2.05, 4.69) is 5.16 Å². The van der Waals surface area contributed by atoms with Crippen LogP contribution in [0.3, 0.4) is 0 Å². The number of benzene rings is 1. The van der Waals surface area contributed by atoms with E-state index in [0.29, 0.717) is 6.54 Å². The Morgan fingerprint density at radius 3 is 2.75 bits per heavy atom. The summed E-state index contributed by atoms with van der Waals surface area (Å²) in [5.74, 6) is -0.125. The maximum Gasteiger partial charge on any atom is 0.218 e. The summed E-state index contributed by atoms with van der Waals surface area (Å²) in [5.41, 5.74) is 6.35. The number of oxime groups is 1. The fraction of sp³-hybridized carbons (Fsp3) is 0.462. The maximum atomic E-state index is 12.4. The molecule has 1 atom stereocenters. The molecule has 0 amide bonds. The van der Waals surface area contributed by atoms with Gasteiger partial charge in [0.05, 0.1) is 5.75 Å². The van der Waals surface area contributed by atoms with Crippen LogP contribution in [0, 0.1) is 5.92 Å². The second-order valence-corrected chi connectivity index (χ2v) is 6.93. The summed E-state index contributed by atoms with van der Waals surface area (Å²) in [6.45, 7) is 0.773. The third-order valence-electron chi connectivity index (χ3n) is 3.50. The van der Waals surface area contributed by atoms with Crippen molar-refractivity contribution in [2.45, 2.75) is 18.6 Å². The van der Waals surface area contributed by atoms with Gasteiger partial charge >= 0.3 is 0 Å². The zero-order valence-corrected chi connectivity index (χ0v) is 12.0. The molecule has 1 saturated heterocycles. The number of hydrogen-bond donors (Lipinski definition) is 2. The fourth-order valence-electron chi connectivity index (χ4n) is 2.39. The Hall–Kier alpha value is -1.60. The molecule has 2 rings (SSSR count). The van der Waals surface area contributed by atoms with Crippen molar-refractivity contribution in [3.8, 4) is 0 Å². The fourth-order valence-corrected chi connectivity index (χ4v) is 4.00. The second kappa shape index (κ2) is 6.23. The minimum atomic E-state index is -3.37. The second-order valence-electron chi connectivity index (χ2n) is 4.96. The molecule has 0 aliphatic carbocycles. The van der Waals surface area contributed by atoms with E-state index < -0.39 is 10.0 Å². The molecule has 6 nitrogen and oxygen atoms in total. The molecule has 1 fully saturated rings. The van der Waals surface area contributed by atoms with Gasteiger partial charge in [0.1, 0.15) is 5.84 Å². The number of hydrogen-bond acceptors (Lipinski definition) is 4. The van der Waals surface area contributed by atoms with Gasteiger partial charge in [-0.15, -0.1) is 0 Å². The lowest BCUT2D eigenvalue weighted by Gasteiger charge is -2.31. The monoisotopic (exact) mass is 297 g/mol. The van der Waals surface area contributed by atoms with Crippen LogP contribution < -0.4 is 5.73 Å². The van der Waals surface area contributed by atoms with E-state index in [1.165, 1.54) is 4.31 Å². The molecule has 1 unspecified atom stereocenters. The van der Waals surface area contributed by atoms with E-state index in [4.69, 9.17) is 10.9 Å². The lowest BCUT2D eigenvalue weighted by atomic mass is 9.99. The number of amidine groups is 1. The normalized spacial score (nSPS) is 21.8. The highest BCUT2D eigenvalue weighted by Crippen LogP contribution is 2.21. The number of piperidine rings is 1. The van der Waals surface area contributed by atoms with Crippen LogP contribution in [0.1, 0.15) is 18.4 Å². The number of rotatable bonds is 4. The van der Waals surface area contributed by atoms with E-state index >= 15 is 0 Å². The van der Waals surface area contributed by atoms with E-state index in [1.54, 1.807) is 12.1 Å². The predicted octanol–water partition coefficient (Wildman–Crippen LogP) is 0.975. The summed E-state index contributed by atoms with van der Waals surface area (Å²) >= 11 is 0. The molecule has 1 aromatic carbocycles. The van der Waals surface area contributed by atoms with Crippen LogP contribution in [-0.4, -0.2) is 36.9 Å². The van der Waals surface area contributed by atoms with Crippen molar-refractivity contribution in [3.05, 3.63) is 35.9 Å². The van der Waals surface area contributed by atoms with Gasteiger partial charge in [0, 0.05) is 19.0 Å². The quantitative estimate of drug-likeness (QED) is 0.375. The van der Waals surface area contributed by atoms with Gasteiger partial charge in [-0.25, -0.2) is 12.7 Å². The maximum absolute atomic E-state index is 12.4. The third kappa shape index (κ3) is 3.49. The zero-order chi connectivity index (χ0) is 14.6. The van der Waals surface area contributed by atoms with Crippen molar-refractivity contribution in [1.29, 1.82) is 0 Å². The van der Waals surface area contributed by atoms with Crippen LogP contribution in [0.2, 0.25) is 0 Å². The lowest BCUT2D eigenvalue weighted by molar-refractivity contribution is 0.287. The first kappa shape index (κ1) is 14.8. The van der Waals surface area contributed by atoms with Crippen LogP contribution in [-0.2, 0) is 15.8 Å². The van der Waals surface area contributed by atoms with Gasteiger partial charge in [-0.3, -0.25) is 0 Å². The standard InChI is InChI=1S/C13H19N3O3S/c14-13(15-17)12-7-4-8-16(9-12)20(18,19)10-11-5-2-1-3-6-11/h1-3,5-6,12,17H,4,7-10H2,(H2,14,15). The minimum Gasteiger partial charge on any atom is -0.409 e. The van der Waals surface area contributed by atoms with Gasteiger partial charge in [-0.1, -0.05) is 35.5 Å². The SMILES string of the molecule is NC(=NO)C1CCCN(S(=O)(=O)Cc2ccccc2)C1. The zero-order valence-electron chi connectivity index (χ0n) is 11.1. The highest BCUT2D eigenvalue weighted by Gasteiger charge is 2.30. The molecule has 0 saturated carbocycles. The molecule has 1 aliphatic rings. The average Bonchev–Trinajstić information content (AvgIpc) is 2.47. The molecule has 0 bridgehead atoms. The van der Waals surface area contributed by atoms with Crippen LogP contribution in [0.15, 0.2) is 35.5 Å². The van der Waals surface area contributed by atoms with Gasteiger partial charge < -0.3 is 10.9 Å². The van der Waals surface area contributed by atoms with Gasteiger partial charge in [0.25, 0.3) is 0 Å². The Morgan fingerprint density at radius 2 is 2.10 bits per heavy atom. The Morgan fingerprint density at radius 1 is 1.40 bits per heavy atom. The molecule has 1 heterocycles. The molecule has 110 valence electrons. The minimum absolute atomic E-state index is 0.0171. The van der Waals surface area contributed by atoms with E-state index in [9.17, 15) is 8.42 Å². The Kier molecular flexibility index (Phi) is 4.61. The summed E-state index contributed by atoms with van der Waals surface area (Å²) in [5, 5.41) is 11.7. The van der Waals surface area contributed by atoms with E-state index in [-0.39, 0.29) is 24.1 Å². The molecular weight excluding hydrogens is 278 g/mol. The molecule has 0 radical (unpaired) electrons. The highest BCUT2D eigenvalue weighted by atomic mass is 32.2. The molecule has 20 heavy (non-hydrogen) atoms. The van der Waals surface area contributed by atoms with Gasteiger partial charge in [-0.2, -0.15) is 0 Å². The summed E-state index contributed by atoms with van der Waals surface area (Å²) in [6.07, 6.45) is 1.46. The van der Waals surface area contributed by atoms with Crippen molar-refractivity contribution in [2.75, 3.05) is 13.1 Å². The molecule has 0 spiro atoms. The molecule has 1 aromatic rings. The van der Waals surface area contributed by atoms with Gasteiger partial charge in [0.15, 0.2) is 0 Å². The Bertz CT molecular complexity index is 572. The number of nitrogens with two attached hydrogens (primary N) is 1. The number of nitrogens with zero attached hydrogens (tertiary/aromatic N) is 2. The van der Waals surface area contributed by atoms with Crippen molar-refractivity contribution in [2.24, 2.45) is 16.8 Å². The van der Waals surface area contributed by atoms with Crippen molar-refractivity contribution >= 4 is 15.9 Å². The van der Waals surface area contributed by atoms with Crippen LogP contribution in [0.5, 0.6) is 0 Å². The van der Waals surface area contributed by atoms with Crippen molar-refractivity contribution < 1.29 is 13.6 Å². The topological polar surface area (TPSA) is 96.0 Å². The van der Waals surface area contributed by atoms with Crippen molar-refractivity contribution in [1.82, 2.24) is 4.31 Å². The number of sulfonamides is 1. The van der Waals surface area contributed by atoms with Crippen LogP contribution in [0.25, 0.3) is 0 Å². The first-order chi connectivity index (χ1) is 9.53. The van der Waals surface area contributed by atoms with Crippen LogP contribution in [0.4, 0.5) is 0 Å². The third-order valence-corrected chi connectivity index (χ3v) is 5.32. The lowest BCUT2D eigenvalue weighted by Crippen LogP contribution is -2.44. The summed E-state index contributed by atoms with van der Waals surface area (Å²) in [7, 11) is -3.37. The summed E-state index contributed by atoms with van der Waals surface area (Å²) in [4.78, 5) is 0. The molecule has 7 heteroatoms. The smallest absolute Gasteiger partial charge is 0.218 e. The highest BCUT2D eigenvalue weighted by molar-refractivity contribution is 7.88. The first-order valence-electron chi connectivity index (χ1n) is 6.52. The molecule has 3 N–H and O–H groups in total. The Balaban J connectivity index is 2.09. The summed E-state index contributed by atoms with van der Waals surface area (Å²) < 4.78 is 26.2. The summed E-state index contributed by atoms with van der Waals surface area (Å²) in [6, 6.07) is 9.08. The van der Waals surface area contributed by atoms with Gasteiger partial charge in [0.2, 0.25) is 10.0 Å². The van der Waals surface area contributed by atoms with Crippen LogP contribution >= 0.6 is 0 Å².